The van der Waals surface area contributed by atoms with Gasteiger partial charge in [-0.25, -0.2) is 0 Å². The molecule has 0 amide bonds. The molecule has 1 atom stereocenters. The third-order valence-electron chi connectivity index (χ3n) is 4.04. The van der Waals surface area contributed by atoms with Gasteiger partial charge < -0.3 is 9.22 Å². The quantitative estimate of drug-likeness (QED) is 0.441. The maximum absolute atomic E-state index is 12.6. The van der Waals surface area contributed by atoms with Crippen molar-refractivity contribution in [2.75, 3.05) is 34.3 Å². The molecule has 4 nitrogen and oxygen atoms in total. The van der Waals surface area contributed by atoms with Gasteiger partial charge in [0.1, 0.15) is 13.2 Å². The second-order valence-electron chi connectivity index (χ2n) is 7.22. The van der Waals surface area contributed by atoms with Gasteiger partial charge in [-0.05, 0) is 18.6 Å². The van der Waals surface area contributed by atoms with Crippen LogP contribution in [0.4, 0.5) is 0 Å². The fraction of sp³-hybridized carbons (Fsp3) is 0.333. The predicted octanol–water partition coefficient (Wildman–Crippen LogP) is 3.27. The highest BCUT2D eigenvalue weighted by molar-refractivity contribution is 6.09. The van der Waals surface area contributed by atoms with Gasteiger partial charge in [0.05, 0.1) is 27.1 Å². The van der Waals surface area contributed by atoms with Gasteiger partial charge in [-0.15, -0.1) is 0 Å². The number of ether oxygens (including phenoxy) is 1. The van der Waals surface area contributed by atoms with Crippen molar-refractivity contribution in [2.24, 2.45) is 0 Å². The van der Waals surface area contributed by atoms with Crippen molar-refractivity contribution < 1.29 is 18.8 Å². The lowest BCUT2D eigenvalue weighted by molar-refractivity contribution is -0.870. The average Bonchev–Trinajstić information content (AvgIpc) is 2.60. The number of likely N-dealkylation sites (N-methyl/N-ethyl adjacent to an activating group) is 1. The zero-order valence-corrected chi connectivity index (χ0v) is 15.4. The Labute approximate surface area is 149 Å². The Balaban J connectivity index is 2.07. The first-order valence-electron chi connectivity index (χ1n) is 8.45. The molecular weight excluding hydrogens is 314 g/mol. The molecule has 0 aliphatic carbocycles. The Morgan fingerprint density at radius 3 is 2.24 bits per heavy atom. The van der Waals surface area contributed by atoms with Crippen molar-refractivity contribution in [3.8, 4) is 0 Å². The van der Waals surface area contributed by atoms with E-state index < -0.39 is 5.92 Å². The van der Waals surface area contributed by atoms with Crippen LogP contribution in [-0.4, -0.2) is 50.5 Å². The molecule has 4 heteroatoms. The summed E-state index contributed by atoms with van der Waals surface area (Å²) in [6.07, 6.45) is 0. The molecule has 0 bridgehead atoms. The van der Waals surface area contributed by atoms with Gasteiger partial charge in [0.15, 0.2) is 5.78 Å². The van der Waals surface area contributed by atoms with E-state index >= 15 is 0 Å². The highest BCUT2D eigenvalue weighted by Crippen LogP contribution is 2.20. The summed E-state index contributed by atoms with van der Waals surface area (Å²) in [5.41, 5.74) is 2.00. The second kappa shape index (κ2) is 8.08. The van der Waals surface area contributed by atoms with E-state index in [1.807, 2.05) is 24.3 Å². The van der Waals surface area contributed by atoms with Crippen LogP contribution in [0.2, 0.25) is 0 Å². The third-order valence-corrected chi connectivity index (χ3v) is 4.04. The molecule has 0 aliphatic heterocycles. The Kier molecular flexibility index (Phi) is 6.10. The Morgan fingerprint density at radius 1 is 0.960 bits per heavy atom. The van der Waals surface area contributed by atoms with Crippen LogP contribution < -0.4 is 0 Å². The molecule has 2 aromatic carbocycles. The molecule has 0 fully saturated rings. The fourth-order valence-electron chi connectivity index (χ4n) is 2.39. The Morgan fingerprint density at radius 2 is 1.60 bits per heavy atom. The molecule has 0 radical (unpaired) electrons. The van der Waals surface area contributed by atoms with E-state index in [1.165, 1.54) is 0 Å². The molecule has 0 N–H and O–H groups in total. The third kappa shape index (κ3) is 5.54. The van der Waals surface area contributed by atoms with Gasteiger partial charge in [0, 0.05) is 11.1 Å². The molecular formula is C21H26NO3+. The van der Waals surface area contributed by atoms with Gasteiger partial charge in [-0.1, -0.05) is 48.5 Å². The van der Waals surface area contributed by atoms with Crippen molar-refractivity contribution in [2.45, 2.75) is 12.8 Å². The first-order valence-corrected chi connectivity index (χ1v) is 8.45. The summed E-state index contributed by atoms with van der Waals surface area (Å²) in [5, 5.41) is 0. The van der Waals surface area contributed by atoms with Gasteiger partial charge >= 0.3 is 5.97 Å². The zero-order chi connectivity index (χ0) is 18.4. The number of nitrogens with zero attached hydrogens (tertiary/aromatic N) is 1. The summed E-state index contributed by atoms with van der Waals surface area (Å²) in [5.74, 6) is -0.721. The number of hydrogen-bond acceptors (Lipinski definition) is 3. The molecule has 25 heavy (non-hydrogen) atoms. The predicted molar refractivity (Wildman–Crippen MR) is 98.6 cm³/mol. The molecule has 0 unspecified atom stereocenters. The van der Waals surface area contributed by atoms with Gasteiger partial charge in [-0.2, -0.15) is 0 Å². The van der Waals surface area contributed by atoms with Gasteiger partial charge in [0.2, 0.25) is 0 Å². The minimum absolute atomic E-state index is 0.0481. The molecule has 0 aromatic heterocycles. The van der Waals surface area contributed by atoms with E-state index in [-0.39, 0.29) is 11.8 Å². The number of carbonyl (C=O) groups is 2. The van der Waals surface area contributed by atoms with Crippen LogP contribution in [0, 0.1) is 0 Å². The number of hydrogen-bond donors (Lipinski definition) is 0. The standard InChI is InChI=1S/C21H26NO3/c1-16(21(24)25-14-13-22(2,3)4)18-11-8-12-19(15-18)20(23)17-9-6-5-7-10-17/h5-12,15-16H,13-14H2,1-4H3/q+1/t16-/m0/s1. The minimum atomic E-state index is -0.406. The first kappa shape index (κ1) is 18.9. The lowest BCUT2D eigenvalue weighted by atomic mass is 9.96. The van der Waals surface area contributed by atoms with Gasteiger partial charge in [0.25, 0.3) is 0 Å². The number of ketones is 1. The number of benzene rings is 2. The molecule has 0 aliphatic rings. The summed E-state index contributed by atoms with van der Waals surface area (Å²) in [6, 6.07) is 16.3. The van der Waals surface area contributed by atoms with Crippen molar-refractivity contribution in [3.63, 3.8) is 0 Å². The smallest absolute Gasteiger partial charge is 0.313 e. The van der Waals surface area contributed by atoms with Crippen LogP contribution in [0.3, 0.4) is 0 Å². The number of esters is 1. The lowest BCUT2D eigenvalue weighted by Crippen LogP contribution is -2.38. The normalized spacial score (nSPS) is 12.5. The van der Waals surface area contributed by atoms with E-state index in [0.717, 1.165) is 16.6 Å². The van der Waals surface area contributed by atoms with Gasteiger partial charge in [-0.3, -0.25) is 9.59 Å². The van der Waals surface area contributed by atoms with Crippen molar-refractivity contribution in [1.29, 1.82) is 0 Å². The van der Waals surface area contributed by atoms with Crippen LogP contribution in [-0.2, 0) is 9.53 Å². The maximum atomic E-state index is 12.6. The number of carbonyl (C=O) groups excluding carboxylic acids is 2. The summed E-state index contributed by atoms with van der Waals surface area (Å²) in [4.78, 5) is 24.8. The van der Waals surface area contributed by atoms with E-state index in [9.17, 15) is 9.59 Å². The monoisotopic (exact) mass is 340 g/mol. The highest BCUT2D eigenvalue weighted by Gasteiger charge is 2.19. The van der Waals surface area contributed by atoms with Crippen LogP contribution in [0.15, 0.2) is 54.6 Å². The molecule has 0 spiro atoms. The largest absolute Gasteiger partial charge is 0.459 e. The van der Waals surface area contributed by atoms with E-state index in [2.05, 4.69) is 21.1 Å². The Bertz CT molecular complexity index is 732. The highest BCUT2D eigenvalue weighted by atomic mass is 16.5. The van der Waals surface area contributed by atoms with E-state index in [4.69, 9.17) is 4.74 Å². The average molecular weight is 340 g/mol. The second-order valence-corrected chi connectivity index (χ2v) is 7.22. The SMILES string of the molecule is C[C@H](C(=O)OCC[N+](C)(C)C)c1cccc(C(=O)c2ccccc2)c1. The van der Waals surface area contributed by atoms with Crippen molar-refractivity contribution >= 4 is 11.8 Å². The van der Waals surface area contributed by atoms with Crippen molar-refractivity contribution in [1.82, 2.24) is 0 Å². The summed E-state index contributed by atoms with van der Waals surface area (Å²) >= 11 is 0. The first-order chi connectivity index (χ1) is 11.8. The molecule has 0 saturated heterocycles. The van der Waals surface area contributed by atoms with E-state index in [1.54, 1.807) is 37.3 Å². The summed E-state index contributed by atoms with van der Waals surface area (Å²) in [7, 11) is 6.15. The minimum Gasteiger partial charge on any atom is -0.459 e. The number of rotatable bonds is 7. The maximum Gasteiger partial charge on any atom is 0.313 e. The summed E-state index contributed by atoms with van der Waals surface area (Å²) in [6.45, 7) is 2.95. The topological polar surface area (TPSA) is 43.4 Å². The lowest BCUT2D eigenvalue weighted by Gasteiger charge is -2.23. The fourth-order valence-corrected chi connectivity index (χ4v) is 2.39. The summed E-state index contributed by atoms with van der Waals surface area (Å²) < 4.78 is 6.12. The number of quaternary nitrogens is 1. The molecule has 132 valence electrons. The zero-order valence-electron chi connectivity index (χ0n) is 15.4. The van der Waals surface area contributed by atoms with Crippen LogP contribution in [0.5, 0.6) is 0 Å². The molecule has 2 rings (SSSR count). The van der Waals surface area contributed by atoms with E-state index in [0.29, 0.717) is 17.7 Å². The van der Waals surface area contributed by atoms with Crippen LogP contribution in [0.25, 0.3) is 0 Å². The Hall–Kier alpha value is -2.46. The van der Waals surface area contributed by atoms with Crippen molar-refractivity contribution in [3.05, 3.63) is 71.3 Å². The molecule has 0 heterocycles. The van der Waals surface area contributed by atoms with Crippen LogP contribution in [0.1, 0.15) is 34.3 Å². The van der Waals surface area contributed by atoms with Crippen LogP contribution >= 0.6 is 0 Å². The molecule has 2 aromatic rings. The molecule has 0 saturated carbocycles.